The smallest absolute Gasteiger partial charge is 0.331 e. The Morgan fingerprint density at radius 1 is 0.889 bits per heavy atom. The first kappa shape index (κ1) is 41.6. The molecule has 292 valence electrons. The number of amides is 2. The number of nitrogens with zero attached hydrogens (tertiary/aromatic N) is 2. The lowest BCUT2D eigenvalue weighted by Gasteiger charge is -2.14. The third kappa shape index (κ3) is 12.7. The Morgan fingerprint density at radius 2 is 1.57 bits per heavy atom. The molecule has 1 unspecified atom stereocenters. The second kappa shape index (κ2) is 20.9. The molecule has 0 radical (unpaired) electrons. The number of phenolic OH excluding ortho intramolecular Hbond substituents is 3. The monoisotopic (exact) mass is 775 g/mol. The second-order valence-electron chi connectivity index (χ2n) is 12.1. The number of hydrogen-bond acceptors (Lipinski definition) is 14. The number of aryl methyl sites for hydroxylation is 1. The third-order valence-electron chi connectivity index (χ3n) is 8.14. The van der Waals surface area contributed by atoms with Crippen LogP contribution in [0.15, 0.2) is 52.2 Å². The molecule has 2 aromatic carbocycles. The lowest BCUT2D eigenvalue weighted by atomic mass is 10.0. The highest BCUT2D eigenvalue weighted by Crippen LogP contribution is 2.34. The molecule has 3 aromatic rings. The molecule has 1 aliphatic heterocycles. The molecule has 16 nitrogen and oxygen atoms in total. The minimum absolute atomic E-state index is 0.0147. The van der Waals surface area contributed by atoms with Gasteiger partial charge in [0.15, 0.2) is 12.5 Å². The average molecular weight is 776 g/mol. The highest BCUT2D eigenvalue weighted by Gasteiger charge is 2.38. The molecular formula is C36H42FN3O13S. The van der Waals surface area contributed by atoms with Crippen molar-refractivity contribution in [3.8, 4) is 23.0 Å². The largest absolute Gasteiger partial charge is 0.508 e. The topological polar surface area (TPSA) is 224 Å². The van der Waals surface area contributed by atoms with E-state index in [0.29, 0.717) is 44.2 Å². The van der Waals surface area contributed by atoms with E-state index in [-0.39, 0.29) is 81.1 Å². The van der Waals surface area contributed by atoms with Gasteiger partial charge in [-0.1, -0.05) is 18.6 Å². The van der Waals surface area contributed by atoms with Crippen LogP contribution in [0.25, 0.3) is 0 Å². The van der Waals surface area contributed by atoms with Crippen LogP contribution in [0.2, 0.25) is 0 Å². The summed E-state index contributed by atoms with van der Waals surface area (Å²) in [5.74, 6) is -2.81. The summed E-state index contributed by atoms with van der Waals surface area (Å²) in [5, 5.41) is 29.6. The number of aromatic nitrogens is 2. The second-order valence-corrected chi connectivity index (χ2v) is 13.4. The first-order valence-corrected chi connectivity index (χ1v) is 18.2. The summed E-state index contributed by atoms with van der Waals surface area (Å²) in [6.07, 6.45) is 2.61. The summed E-state index contributed by atoms with van der Waals surface area (Å²) >= 11 is 1.33. The number of imide groups is 1. The van der Waals surface area contributed by atoms with Crippen LogP contribution in [0, 0.1) is 5.82 Å². The Labute approximate surface area is 312 Å². The van der Waals surface area contributed by atoms with Gasteiger partial charge in [0, 0.05) is 43.7 Å². The number of esters is 1. The number of ketones is 1. The van der Waals surface area contributed by atoms with Gasteiger partial charge in [0.2, 0.25) is 17.6 Å². The number of halogens is 1. The fourth-order valence-corrected chi connectivity index (χ4v) is 6.35. The van der Waals surface area contributed by atoms with E-state index in [1.54, 1.807) is 17.1 Å². The van der Waals surface area contributed by atoms with Crippen molar-refractivity contribution in [1.82, 2.24) is 14.5 Å². The number of H-pyrrole nitrogens is 1. The predicted molar refractivity (Wildman–Crippen MR) is 191 cm³/mol. The summed E-state index contributed by atoms with van der Waals surface area (Å²) in [4.78, 5) is 75.3. The summed E-state index contributed by atoms with van der Waals surface area (Å²) < 4.78 is 35.5. The maximum absolute atomic E-state index is 13.3. The van der Waals surface area contributed by atoms with Crippen molar-refractivity contribution in [3.63, 3.8) is 0 Å². The zero-order valence-electron chi connectivity index (χ0n) is 29.3. The van der Waals surface area contributed by atoms with Crippen LogP contribution in [0.5, 0.6) is 23.0 Å². The Kier molecular flexibility index (Phi) is 16.1. The fourth-order valence-electron chi connectivity index (χ4n) is 5.32. The number of aromatic hydroxyl groups is 3. The Hall–Kier alpha value is -5.20. The van der Waals surface area contributed by atoms with Gasteiger partial charge in [-0.05, 0) is 37.0 Å². The molecular weight excluding hydrogens is 733 g/mol. The first-order chi connectivity index (χ1) is 25.9. The number of carbonyl (C=O) groups is 4. The molecule has 1 atom stereocenters. The molecule has 1 aromatic heterocycles. The molecule has 1 fully saturated rings. The molecule has 54 heavy (non-hydrogen) atoms. The Balaban J connectivity index is 1.00. The van der Waals surface area contributed by atoms with Gasteiger partial charge in [-0.2, -0.15) is 4.39 Å². The lowest BCUT2D eigenvalue weighted by molar-refractivity contribution is -0.148. The van der Waals surface area contributed by atoms with E-state index < -0.39 is 52.3 Å². The van der Waals surface area contributed by atoms with Crippen LogP contribution < -0.4 is 16.0 Å². The predicted octanol–water partition coefficient (Wildman–Crippen LogP) is 2.64. The number of rotatable bonds is 23. The maximum atomic E-state index is 13.3. The van der Waals surface area contributed by atoms with Gasteiger partial charge >= 0.3 is 11.7 Å². The van der Waals surface area contributed by atoms with Crippen molar-refractivity contribution < 1.29 is 57.8 Å². The average Bonchev–Trinajstić information content (AvgIpc) is 3.40. The van der Waals surface area contributed by atoms with E-state index in [4.69, 9.17) is 18.9 Å². The van der Waals surface area contributed by atoms with E-state index >= 15 is 0 Å². The molecule has 1 aliphatic rings. The van der Waals surface area contributed by atoms with Crippen LogP contribution in [0.3, 0.4) is 0 Å². The number of Topliss-reactive ketones (excluding diaryl/α,β-unsaturated/α-hetero) is 1. The molecule has 2 heterocycles. The molecule has 0 saturated carbocycles. The Bertz CT molecular complexity index is 1860. The van der Waals surface area contributed by atoms with Gasteiger partial charge in [-0.15, -0.1) is 11.8 Å². The van der Waals surface area contributed by atoms with Crippen LogP contribution in [0.1, 0.15) is 54.4 Å². The van der Waals surface area contributed by atoms with E-state index in [1.807, 2.05) is 0 Å². The van der Waals surface area contributed by atoms with Crippen molar-refractivity contribution in [2.45, 2.75) is 56.9 Å². The van der Waals surface area contributed by atoms with Gasteiger partial charge in [-0.3, -0.25) is 38.4 Å². The highest BCUT2D eigenvalue weighted by molar-refractivity contribution is 8.00. The van der Waals surface area contributed by atoms with Crippen LogP contribution in [-0.2, 0) is 41.7 Å². The van der Waals surface area contributed by atoms with Crippen molar-refractivity contribution in [1.29, 1.82) is 0 Å². The van der Waals surface area contributed by atoms with Crippen molar-refractivity contribution in [2.75, 3.05) is 45.3 Å². The minimum atomic E-state index is -1.18. The van der Waals surface area contributed by atoms with Gasteiger partial charge in [0.1, 0.15) is 35.2 Å². The summed E-state index contributed by atoms with van der Waals surface area (Å²) in [5.41, 5.74) is -1.44. The van der Waals surface area contributed by atoms with E-state index in [0.717, 1.165) is 10.1 Å². The molecule has 0 aliphatic carbocycles. The van der Waals surface area contributed by atoms with E-state index in [1.165, 1.54) is 40.9 Å². The molecule has 0 spiro atoms. The zero-order valence-corrected chi connectivity index (χ0v) is 30.1. The quantitative estimate of drug-likeness (QED) is 0.0471. The number of hydrogen-bond donors (Lipinski definition) is 4. The van der Waals surface area contributed by atoms with Crippen LogP contribution in [-0.4, -0.2) is 104 Å². The molecule has 18 heteroatoms. The summed E-state index contributed by atoms with van der Waals surface area (Å²) in [7, 11) is 0. The van der Waals surface area contributed by atoms with Crippen molar-refractivity contribution >= 4 is 35.3 Å². The third-order valence-corrected chi connectivity index (χ3v) is 9.31. The number of carbonyl (C=O) groups excluding carboxylic acids is 4. The van der Waals surface area contributed by atoms with E-state index in [2.05, 4.69) is 0 Å². The lowest BCUT2D eigenvalue weighted by Crippen LogP contribution is -2.32. The standard InChI is InChI=1S/C36H42FN3O13S/c37-26-21-39(36(49)38-34(26)47)22-53-32(46)4-2-1-3-11-40-31(45)20-30(35(40)48)54-17-16-51-13-12-50-14-15-52-25-18-28(43)33(29(44)19-25)27(42)10-7-23-5-8-24(41)9-6-23/h5-6,8-9,18-19,21,30,41,43-44H,1-4,7,10-17,20,22H2,(H,38,47,49). The summed E-state index contributed by atoms with van der Waals surface area (Å²) in [6.45, 7) is 0.855. The normalized spacial score (nSPS) is 14.1. The Morgan fingerprint density at radius 3 is 2.30 bits per heavy atom. The first-order valence-electron chi connectivity index (χ1n) is 17.2. The number of phenols is 3. The molecule has 4 N–H and O–H groups in total. The number of likely N-dealkylation sites (tertiary alicyclic amines) is 1. The van der Waals surface area contributed by atoms with Gasteiger partial charge < -0.3 is 34.3 Å². The molecule has 1 saturated heterocycles. The van der Waals surface area contributed by atoms with Crippen LogP contribution >= 0.6 is 11.8 Å². The van der Waals surface area contributed by atoms with Gasteiger partial charge in [0.05, 0.1) is 37.9 Å². The maximum Gasteiger partial charge on any atom is 0.331 e. The van der Waals surface area contributed by atoms with Gasteiger partial charge in [-0.25, -0.2) is 4.79 Å². The number of thioether (sulfide) groups is 1. The number of nitrogens with one attached hydrogen (secondary N) is 1. The molecule has 0 bridgehead atoms. The molecule has 4 rings (SSSR count). The number of aromatic amines is 1. The van der Waals surface area contributed by atoms with Crippen molar-refractivity contribution in [2.24, 2.45) is 0 Å². The number of unbranched alkanes of at least 4 members (excludes halogenated alkanes) is 2. The fraction of sp³-hybridized carbons (Fsp3) is 0.444. The number of ether oxygens (including phenoxy) is 4. The van der Waals surface area contributed by atoms with E-state index in [9.17, 15) is 48.5 Å². The summed E-state index contributed by atoms with van der Waals surface area (Å²) in [6, 6.07) is 8.90. The minimum Gasteiger partial charge on any atom is -0.508 e. The zero-order chi connectivity index (χ0) is 39.0. The van der Waals surface area contributed by atoms with Gasteiger partial charge in [0.25, 0.3) is 5.56 Å². The van der Waals surface area contributed by atoms with Crippen LogP contribution in [0.4, 0.5) is 4.39 Å². The van der Waals surface area contributed by atoms with Crippen molar-refractivity contribution in [3.05, 3.63) is 80.4 Å². The molecule has 2 amide bonds. The highest BCUT2D eigenvalue weighted by atomic mass is 32.2. The number of benzene rings is 2. The SMILES string of the molecule is O=C(CCCCCN1C(=O)CC(SCCOCCOCCOc2cc(O)c(C(=O)CCc3ccc(O)cc3)c(O)c2)C1=O)OCn1cc(F)c(=O)[nH]c1=O.